The van der Waals surface area contributed by atoms with Crippen LogP contribution in [0.3, 0.4) is 0 Å². The molecule has 21 heavy (non-hydrogen) atoms. The highest BCUT2D eigenvalue weighted by molar-refractivity contribution is 4.91. The lowest BCUT2D eigenvalue weighted by molar-refractivity contribution is -0.0411. The Labute approximate surface area is 131 Å². The van der Waals surface area contributed by atoms with Gasteiger partial charge in [0.25, 0.3) is 0 Å². The predicted octanol–water partition coefficient (Wildman–Crippen LogP) is 3.29. The third-order valence-corrected chi connectivity index (χ3v) is 5.21. The molecule has 124 valence electrons. The van der Waals surface area contributed by atoms with Crippen LogP contribution in [0.4, 0.5) is 0 Å². The standard InChI is InChI=1S/C18H36N2O/c1-15-7-9-20(16(2)11-15)13-18(8-6-10-21-14-18)12-19-17(3,4)5/h15-16,19H,6-14H2,1-5H3. The monoisotopic (exact) mass is 296 g/mol. The van der Waals surface area contributed by atoms with E-state index in [9.17, 15) is 0 Å². The molecule has 1 N–H and O–H groups in total. The number of nitrogens with zero attached hydrogens (tertiary/aromatic N) is 1. The molecule has 0 radical (unpaired) electrons. The number of nitrogens with one attached hydrogen (secondary N) is 1. The van der Waals surface area contributed by atoms with Gasteiger partial charge in [0.1, 0.15) is 0 Å². The lowest BCUT2D eigenvalue weighted by atomic mass is 9.79. The Hall–Kier alpha value is -0.120. The van der Waals surface area contributed by atoms with Gasteiger partial charge in [0.15, 0.2) is 0 Å². The van der Waals surface area contributed by atoms with Crippen molar-refractivity contribution in [3.8, 4) is 0 Å². The van der Waals surface area contributed by atoms with E-state index in [2.05, 4.69) is 44.8 Å². The van der Waals surface area contributed by atoms with E-state index in [-0.39, 0.29) is 5.54 Å². The maximum absolute atomic E-state index is 5.88. The van der Waals surface area contributed by atoms with E-state index in [1.54, 1.807) is 0 Å². The second-order valence-corrected chi connectivity index (χ2v) is 8.71. The zero-order chi connectivity index (χ0) is 15.5. The second-order valence-electron chi connectivity index (χ2n) is 8.71. The van der Waals surface area contributed by atoms with Gasteiger partial charge in [-0.2, -0.15) is 0 Å². The number of hydrogen-bond donors (Lipinski definition) is 1. The van der Waals surface area contributed by atoms with E-state index in [1.165, 1.54) is 38.8 Å². The average molecular weight is 296 g/mol. The highest BCUT2D eigenvalue weighted by Gasteiger charge is 2.37. The molecule has 2 saturated heterocycles. The van der Waals surface area contributed by atoms with Crippen molar-refractivity contribution >= 4 is 0 Å². The Morgan fingerprint density at radius 3 is 2.62 bits per heavy atom. The summed E-state index contributed by atoms with van der Waals surface area (Å²) in [5.41, 5.74) is 0.493. The van der Waals surface area contributed by atoms with Gasteiger partial charge in [-0.05, 0) is 65.8 Å². The lowest BCUT2D eigenvalue weighted by Gasteiger charge is -2.46. The maximum Gasteiger partial charge on any atom is 0.0546 e. The van der Waals surface area contributed by atoms with Gasteiger partial charge < -0.3 is 10.1 Å². The predicted molar refractivity (Wildman–Crippen MR) is 89.7 cm³/mol. The van der Waals surface area contributed by atoms with Gasteiger partial charge in [-0.15, -0.1) is 0 Å². The Kier molecular flexibility index (Phi) is 5.72. The van der Waals surface area contributed by atoms with Crippen LogP contribution in [0, 0.1) is 11.3 Å². The number of likely N-dealkylation sites (tertiary alicyclic amines) is 1. The van der Waals surface area contributed by atoms with Crippen LogP contribution in [-0.2, 0) is 4.74 Å². The van der Waals surface area contributed by atoms with Crippen LogP contribution in [-0.4, -0.2) is 49.3 Å². The molecule has 0 bridgehead atoms. The van der Waals surface area contributed by atoms with Crippen molar-refractivity contribution in [3.63, 3.8) is 0 Å². The lowest BCUT2D eigenvalue weighted by Crippen LogP contribution is -2.55. The third kappa shape index (κ3) is 5.22. The van der Waals surface area contributed by atoms with Gasteiger partial charge in [0.05, 0.1) is 6.61 Å². The number of hydrogen-bond acceptors (Lipinski definition) is 3. The smallest absolute Gasteiger partial charge is 0.0546 e. The largest absolute Gasteiger partial charge is 0.381 e. The summed E-state index contributed by atoms with van der Waals surface area (Å²) in [5, 5.41) is 3.74. The molecule has 0 saturated carbocycles. The fourth-order valence-corrected chi connectivity index (χ4v) is 3.80. The van der Waals surface area contributed by atoms with Crippen molar-refractivity contribution < 1.29 is 4.74 Å². The Bertz CT molecular complexity index is 318. The second kappa shape index (κ2) is 6.97. The Morgan fingerprint density at radius 1 is 1.29 bits per heavy atom. The molecule has 2 rings (SSSR count). The molecule has 3 unspecified atom stereocenters. The summed E-state index contributed by atoms with van der Waals surface area (Å²) in [6, 6.07) is 0.724. The summed E-state index contributed by atoms with van der Waals surface area (Å²) in [7, 11) is 0. The van der Waals surface area contributed by atoms with E-state index in [4.69, 9.17) is 4.74 Å². The molecule has 0 aromatic carbocycles. The summed E-state index contributed by atoms with van der Waals surface area (Å²) < 4.78 is 5.88. The van der Waals surface area contributed by atoms with Crippen LogP contribution in [0.1, 0.15) is 60.3 Å². The molecule has 3 atom stereocenters. The molecule has 0 aromatic heterocycles. The zero-order valence-corrected chi connectivity index (χ0v) is 14.9. The summed E-state index contributed by atoms with van der Waals surface area (Å²) in [4.78, 5) is 2.72. The summed E-state index contributed by atoms with van der Waals surface area (Å²) in [6.07, 6.45) is 5.22. The Balaban J connectivity index is 1.98. The molecule has 0 amide bonds. The highest BCUT2D eigenvalue weighted by Crippen LogP contribution is 2.33. The quantitative estimate of drug-likeness (QED) is 0.861. The Morgan fingerprint density at radius 2 is 2.05 bits per heavy atom. The molecule has 0 spiro atoms. The van der Waals surface area contributed by atoms with Gasteiger partial charge in [-0.3, -0.25) is 4.90 Å². The van der Waals surface area contributed by atoms with Crippen molar-refractivity contribution in [1.82, 2.24) is 10.2 Å². The molecule has 0 aromatic rings. The minimum atomic E-state index is 0.187. The molecule has 2 aliphatic rings. The van der Waals surface area contributed by atoms with Crippen LogP contribution < -0.4 is 5.32 Å². The molecular weight excluding hydrogens is 260 g/mol. The van der Waals surface area contributed by atoms with Gasteiger partial charge in [0, 0.05) is 36.7 Å². The first-order chi connectivity index (χ1) is 9.80. The van der Waals surface area contributed by atoms with Gasteiger partial charge in [0.2, 0.25) is 0 Å². The first-order valence-corrected chi connectivity index (χ1v) is 8.87. The topological polar surface area (TPSA) is 24.5 Å². The van der Waals surface area contributed by atoms with Crippen LogP contribution in [0.2, 0.25) is 0 Å². The van der Waals surface area contributed by atoms with Crippen molar-refractivity contribution in [3.05, 3.63) is 0 Å². The van der Waals surface area contributed by atoms with E-state index in [1.807, 2.05) is 0 Å². The summed E-state index contributed by atoms with van der Waals surface area (Å²) in [5.74, 6) is 0.891. The third-order valence-electron chi connectivity index (χ3n) is 5.21. The summed E-state index contributed by atoms with van der Waals surface area (Å²) >= 11 is 0. The molecule has 2 fully saturated rings. The minimum Gasteiger partial charge on any atom is -0.381 e. The van der Waals surface area contributed by atoms with Crippen molar-refractivity contribution in [2.45, 2.75) is 71.9 Å². The molecular formula is C18H36N2O. The zero-order valence-electron chi connectivity index (χ0n) is 14.9. The minimum absolute atomic E-state index is 0.187. The molecule has 2 heterocycles. The fraction of sp³-hybridized carbons (Fsp3) is 1.00. The average Bonchev–Trinajstić information content (AvgIpc) is 2.41. The van der Waals surface area contributed by atoms with Crippen molar-refractivity contribution in [2.75, 3.05) is 32.8 Å². The van der Waals surface area contributed by atoms with Crippen LogP contribution in [0.5, 0.6) is 0 Å². The molecule has 2 aliphatic heterocycles. The molecule has 3 heteroatoms. The first kappa shape index (κ1) is 17.2. The SMILES string of the molecule is CC1CCN(CC2(CNC(C)(C)C)CCCOC2)C(C)C1. The van der Waals surface area contributed by atoms with E-state index >= 15 is 0 Å². The van der Waals surface area contributed by atoms with E-state index < -0.39 is 0 Å². The van der Waals surface area contributed by atoms with Crippen LogP contribution >= 0.6 is 0 Å². The van der Waals surface area contributed by atoms with Gasteiger partial charge >= 0.3 is 0 Å². The summed E-state index contributed by atoms with van der Waals surface area (Å²) in [6.45, 7) is 17.0. The van der Waals surface area contributed by atoms with Gasteiger partial charge in [-0.25, -0.2) is 0 Å². The maximum atomic E-state index is 5.88. The fourth-order valence-electron chi connectivity index (χ4n) is 3.80. The first-order valence-electron chi connectivity index (χ1n) is 8.87. The van der Waals surface area contributed by atoms with Crippen molar-refractivity contribution in [2.24, 2.45) is 11.3 Å². The van der Waals surface area contributed by atoms with Crippen LogP contribution in [0.25, 0.3) is 0 Å². The normalized spacial score (nSPS) is 35.9. The van der Waals surface area contributed by atoms with E-state index in [0.717, 1.165) is 31.7 Å². The number of piperidine rings is 1. The van der Waals surface area contributed by atoms with Crippen molar-refractivity contribution in [1.29, 1.82) is 0 Å². The van der Waals surface area contributed by atoms with E-state index in [0.29, 0.717) is 5.41 Å². The van der Waals surface area contributed by atoms with Gasteiger partial charge in [-0.1, -0.05) is 6.92 Å². The number of rotatable bonds is 4. The molecule has 3 nitrogen and oxygen atoms in total. The molecule has 0 aliphatic carbocycles. The number of ether oxygens (including phenoxy) is 1. The highest BCUT2D eigenvalue weighted by atomic mass is 16.5. The van der Waals surface area contributed by atoms with Crippen LogP contribution in [0.15, 0.2) is 0 Å².